The number of aromatic carboxylic acids is 2. The standard InChI is InChI=1S/4C11H6F2N.C9H7NO4.C6H5NO3.C3H3ClO.CHCl3.2Ir/c4*12-8-4-5-9(10(13)7-8)11-3-1-2-6-14-11;1-2-7(11)14-6-4-3-5-10-8(6)9(12)13;8-4-2-1-3-7-5(4)6(9)10;1-2-3(4)5;2-1(3)4;;/h4*1-4,6-7H;2-5H,1H2,(H,12,13);1-3,8H,(H,9,10);2H,1H2;1H;;/q4*-1;;;;;;. The third kappa shape index (κ3) is 30.4. The fourth-order valence-electron chi connectivity index (χ4n) is 5.95. The Labute approximate surface area is 561 Å². The van der Waals surface area contributed by atoms with E-state index in [2.05, 4.69) is 72.1 Å². The number of pyridine rings is 6. The van der Waals surface area contributed by atoms with Gasteiger partial charge in [0.1, 0.15) is 5.75 Å². The van der Waals surface area contributed by atoms with Crippen molar-refractivity contribution in [2.75, 3.05) is 0 Å². The summed E-state index contributed by atoms with van der Waals surface area (Å²) in [6.45, 7) is 6.27. The second kappa shape index (κ2) is 43.7. The van der Waals surface area contributed by atoms with Crippen LogP contribution in [0.2, 0.25) is 0 Å². The van der Waals surface area contributed by atoms with Gasteiger partial charge < -0.3 is 40.0 Å². The van der Waals surface area contributed by atoms with Crippen LogP contribution in [0.5, 0.6) is 11.5 Å². The Morgan fingerprint density at radius 2 is 0.725 bits per heavy atom. The van der Waals surface area contributed by atoms with E-state index < -0.39 is 74.0 Å². The van der Waals surface area contributed by atoms with Crippen molar-refractivity contribution < 1.29 is 115 Å². The summed E-state index contributed by atoms with van der Waals surface area (Å²) >= 11 is 19.1. The number of carbonyl (C=O) groups excluding carboxylic acids is 2. The van der Waals surface area contributed by atoms with E-state index in [0.29, 0.717) is 22.8 Å². The molecule has 0 spiro atoms. The predicted molar refractivity (Wildman–Crippen MR) is 316 cm³/mol. The summed E-state index contributed by atoms with van der Waals surface area (Å²) in [6, 6.07) is 43.7. The Morgan fingerprint density at radius 3 is 0.945 bits per heavy atom. The third-order valence-electron chi connectivity index (χ3n) is 9.62. The number of carboxylic acid groups (broad SMARTS) is 2. The van der Waals surface area contributed by atoms with E-state index >= 15 is 0 Å². The molecule has 476 valence electrons. The molecule has 91 heavy (non-hydrogen) atoms. The van der Waals surface area contributed by atoms with Crippen LogP contribution < -0.4 is 4.74 Å². The van der Waals surface area contributed by atoms with Gasteiger partial charge in [0.25, 0.3) is 0 Å². The molecule has 0 amide bonds. The number of carbonyl (C=O) groups is 4. The number of carboxylic acids is 2. The van der Waals surface area contributed by atoms with E-state index in [4.69, 9.17) is 61.7 Å². The van der Waals surface area contributed by atoms with Crippen LogP contribution in [0.4, 0.5) is 35.1 Å². The van der Waals surface area contributed by atoms with Crippen molar-refractivity contribution in [3.63, 3.8) is 0 Å². The van der Waals surface area contributed by atoms with E-state index in [9.17, 15) is 54.3 Å². The number of rotatable bonds is 9. The summed E-state index contributed by atoms with van der Waals surface area (Å²) in [5.41, 5.74) is 1.92. The van der Waals surface area contributed by atoms with Crippen LogP contribution >= 0.6 is 46.4 Å². The quantitative estimate of drug-likeness (QED) is 0.0306. The summed E-state index contributed by atoms with van der Waals surface area (Å²) in [7, 11) is 0. The van der Waals surface area contributed by atoms with Crippen molar-refractivity contribution >= 4 is 69.6 Å². The van der Waals surface area contributed by atoms with Crippen LogP contribution in [0.15, 0.2) is 208 Å². The molecule has 3 N–H and O–H groups in total. The second-order valence-electron chi connectivity index (χ2n) is 15.7. The molecule has 6 aromatic heterocycles. The number of aromatic hydroxyl groups is 1. The molecule has 0 fully saturated rings. The monoisotopic (exact) mass is 1690 g/mol. The van der Waals surface area contributed by atoms with Gasteiger partial charge >= 0.3 is 17.9 Å². The minimum atomic E-state index is -1.25. The Bertz CT molecular complexity index is 3560. The minimum Gasteiger partial charge on any atom is -0.505 e. The maximum atomic E-state index is 13.2. The van der Waals surface area contributed by atoms with E-state index in [1.807, 2.05) is 0 Å². The van der Waals surface area contributed by atoms with Gasteiger partial charge in [-0.3, -0.25) is 39.9 Å². The molecule has 2 radical (unpaired) electrons. The number of alkyl halides is 3. The number of halogens is 12. The molecule has 10 rings (SSSR count). The van der Waals surface area contributed by atoms with Crippen molar-refractivity contribution in [3.05, 3.63) is 290 Å². The Balaban J connectivity index is 0.000000530. The Hall–Kier alpha value is -8.96. The number of allylic oxidation sites excluding steroid dienone is 1. The van der Waals surface area contributed by atoms with Gasteiger partial charge in [-0.1, -0.05) is 143 Å². The number of benzene rings is 4. The maximum absolute atomic E-state index is 13.2. The molecular formula is C63H40Cl4F8Ir2N6O8-4. The average molecular weight is 1690 g/mol. The molecule has 0 aliphatic rings. The molecule has 0 atom stereocenters. The molecule has 6 heterocycles. The fraction of sp³-hybridized carbons (Fsp3) is 0.0159. The zero-order chi connectivity index (χ0) is 65.8. The number of esters is 1. The Kier molecular flexibility index (Phi) is 38.4. The zero-order valence-corrected chi connectivity index (χ0v) is 53.5. The number of nitrogens with zero attached hydrogens (tertiary/aromatic N) is 6. The van der Waals surface area contributed by atoms with Crippen LogP contribution in [0.1, 0.15) is 21.0 Å². The number of hydrogen-bond donors (Lipinski definition) is 3. The third-order valence-corrected chi connectivity index (χ3v) is 9.77. The van der Waals surface area contributed by atoms with Gasteiger partial charge in [0, 0.05) is 130 Å². The summed E-state index contributed by atoms with van der Waals surface area (Å²) in [5.74, 6) is -8.75. The first-order valence-electron chi connectivity index (χ1n) is 24.2. The molecule has 0 aliphatic carbocycles. The largest absolute Gasteiger partial charge is 0.505 e. The molecule has 0 unspecified atom stereocenters. The van der Waals surface area contributed by atoms with Crippen molar-refractivity contribution in [2.45, 2.75) is 4.30 Å². The van der Waals surface area contributed by atoms with Crippen molar-refractivity contribution in [3.8, 4) is 56.5 Å². The first-order valence-corrected chi connectivity index (χ1v) is 25.9. The molecule has 4 aromatic carbocycles. The van der Waals surface area contributed by atoms with Gasteiger partial charge in [0.15, 0.2) is 21.4 Å². The average Bonchev–Trinajstić information content (AvgIpc) is 2.94. The van der Waals surface area contributed by atoms with E-state index in [-0.39, 0.29) is 85.4 Å². The molecule has 10 aromatic rings. The molecule has 0 aliphatic heterocycles. The molecule has 14 nitrogen and oxygen atoms in total. The zero-order valence-electron chi connectivity index (χ0n) is 45.7. The second-order valence-corrected chi connectivity index (χ2v) is 18.1. The van der Waals surface area contributed by atoms with Gasteiger partial charge in [-0.25, -0.2) is 24.4 Å². The molecular weight excluding hydrogens is 1650 g/mol. The molecule has 0 saturated heterocycles. The molecule has 28 heteroatoms. The van der Waals surface area contributed by atoms with Crippen molar-refractivity contribution in [1.29, 1.82) is 0 Å². The van der Waals surface area contributed by atoms with Crippen LogP contribution in [0.25, 0.3) is 45.0 Å². The van der Waals surface area contributed by atoms with Crippen molar-refractivity contribution in [2.24, 2.45) is 0 Å². The molecule has 0 saturated carbocycles. The summed E-state index contributed by atoms with van der Waals surface area (Å²) < 4.78 is 107. The van der Waals surface area contributed by atoms with Crippen LogP contribution in [0.3, 0.4) is 0 Å². The normalized spacial score (nSPS) is 9.42. The number of hydrogen-bond acceptors (Lipinski definition) is 12. The van der Waals surface area contributed by atoms with Gasteiger partial charge in [-0.15, -0.1) is 48.5 Å². The van der Waals surface area contributed by atoms with E-state index in [1.54, 1.807) is 97.6 Å². The molecule has 0 bridgehead atoms. The van der Waals surface area contributed by atoms with Gasteiger partial charge in [0.05, 0.1) is 0 Å². The predicted octanol–water partition coefficient (Wildman–Crippen LogP) is 15.6. The van der Waals surface area contributed by atoms with Crippen molar-refractivity contribution in [1.82, 2.24) is 29.9 Å². The van der Waals surface area contributed by atoms with E-state index in [0.717, 1.165) is 60.7 Å². The van der Waals surface area contributed by atoms with E-state index in [1.165, 1.54) is 36.7 Å². The topological polar surface area (TPSA) is 216 Å². The Morgan fingerprint density at radius 1 is 0.451 bits per heavy atom. The van der Waals surface area contributed by atoms with Crippen LogP contribution in [-0.4, -0.2) is 72.7 Å². The summed E-state index contributed by atoms with van der Waals surface area (Å²) in [5, 5.41) is 25.3. The van der Waals surface area contributed by atoms with Crippen LogP contribution in [-0.2, 0) is 49.8 Å². The minimum absolute atomic E-state index is 0. The fourth-order valence-corrected chi connectivity index (χ4v) is 5.95. The number of aromatic nitrogens is 6. The number of ether oxygens (including phenoxy) is 1. The first kappa shape index (κ1) is 80.1. The van der Waals surface area contributed by atoms with Gasteiger partial charge in [-0.05, 0) is 89.0 Å². The SMILES string of the molecule is C=CC(=O)Cl.C=CC(=O)Oc1cccnc1C(=O)O.ClC(Cl)Cl.Fc1c[c-]c(-c2ccccn2)c(F)c1.Fc1c[c-]c(-c2ccccn2)c(F)c1.Fc1c[c-]c(-c2ccccn2)c(F)c1.Fc1c[c-]c(-c2ccccn2)c(F)c1.O=C(O)c1ncccc1O.[Ir].[Ir]. The van der Waals surface area contributed by atoms with Gasteiger partial charge in [-0.2, -0.15) is 0 Å². The smallest absolute Gasteiger partial charge is 0.358 e. The maximum Gasteiger partial charge on any atom is 0.358 e. The first-order chi connectivity index (χ1) is 42.4. The van der Waals surface area contributed by atoms with Gasteiger partial charge in [0.2, 0.25) is 5.24 Å². The summed E-state index contributed by atoms with van der Waals surface area (Å²) in [6.07, 6.45) is 10.8. The van der Waals surface area contributed by atoms with Crippen LogP contribution in [0, 0.1) is 70.8 Å². The summed E-state index contributed by atoms with van der Waals surface area (Å²) in [4.78, 5) is 63.8.